The lowest BCUT2D eigenvalue weighted by molar-refractivity contribution is 0.192. The topological polar surface area (TPSA) is 56.1 Å². The molecule has 1 aromatic carbocycles. The standard InChI is InChI=1S/C13H14ClN3O/c14-11-1-3-12(4-2-11)16-13(18)17-7-5-10(9-15)6-8-17/h1-4,10H,5-8H2,(H,16,18). The van der Waals surface area contributed by atoms with Gasteiger partial charge in [-0.2, -0.15) is 5.26 Å². The maximum absolute atomic E-state index is 11.9. The molecule has 4 nitrogen and oxygen atoms in total. The van der Waals surface area contributed by atoms with Crippen molar-refractivity contribution in [2.45, 2.75) is 12.8 Å². The lowest BCUT2D eigenvalue weighted by atomic mass is 9.99. The molecule has 0 bridgehead atoms. The van der Waals surface area contributed by atoms with Gasteiger partial charge in [0, 0.05) is 29.7 Å². The molecule has 5 heteroatoms. The maximum Gasteiger partial charge on any atom is 0.321 e. The molecule has 94 valence electrons. The second-order valence-electron chi connectivity index (χ2n) is 4.33. The molecular formula is C13H14ClN3O. The van der Waals surface area contributed by atoms with Gasteiger partial charge < -0.3 is 10.2 Å². The minimum absolute atomic E-state index is 0.0876. The van der Waals surface area contributed by atoms with Crippen LogP contribution in [0.3, 0.4) is 0 Å². The normalized spacial score (nSPS) is 16.1. The van der Waals surface area contributed by atoms with Gasteiger partial charge in [-0.25, -0.2) is 4.79 Å². The van der Waals surface area contributed by atoms with Crippen LogP contribution in [-0.2, 0) is 0 Å². The summed E-state index contributed by atoms with van der Waals surface area (Å²) in [4.78, 5) is 13.7. The summed E-state index contributed by atoms with van der Waals surface area (Å²) in [6.07, 6.45) is 1.51. The second kappa shape index (κ2) is 5.74. The molecule has 0 radical (unpaired) electrons. The number of rotatable bonds is 1. The highest BCUT2D eigenvalue weighted by Gasteiger charge is 2.22. The first kappa shape index (κ1) is 12.7. The molecule has 1 saturated heterocycles. The van der Waals surface area contributed by atoms with Crippen LogP contribution in [-0.4, -0.2) is 24.0 Å². The molecule has 0 unspecified atom stereocenters. The molecule has 18 heavy (non-hydrogen) atoms. The molecule has 1 aliphatic rings. The summed E-state index contributed by atoms with van der Waals surface area (Å²) in [5.41, 5.74) is 0.729. The third kappa shape index (κ3) is 3.14. The Labute approximate surface area is 111 Å². The van der Waals surface area contributed by atoms with Crippen LogP contribution in [0.25, 0.3) is 0 Å². The third-order valence-corrected chi connectivity index (χ3v) is 3.31. The van der Waals surface area contributed by atoms with Gasteiger partial charge in [0.25, 0.3) is 0 Å². The van der Waals surface area contributed by atoms with E-state index in [0.717, 1.165) is 18.5 Å². The Bertz CT molecular complexity index is 458. The molecule has 0 spiro atoms. The van der Waals surface area contributed by atoms with E-state index in [2.05, 4.69) is 11.4 Å². The van der Waals surface area contributed by atoms with Crippen molar-refractivity contribution < 1.29 is 4.79 Å². The van der Waals surface area contributed by atoms with Crippen molar-refractivity contribution in [1.82, 2.24) is 4.90 Å². The quantitative estimate of drug-likeness (QED) is 0.846. The van der Waals surface area contributed by atoms with Gasteiger partial charge in [0.05, 0.1) is 6.07 Å². The van der Waals surface area contributed by atoms with Crippen LogP contribution >= 0.6 is 11.6 Å². The zero-order valence-electron chi connectivity index (χ0n) is 9.90. The minimum Gasteiger partial charge on any atom is -0.324 e. The number of carbonyl (C=O) groups excluding carboxylic acids is 1. The number of halogens is 1. The van der Waals surface area contributed by atoms with E-state index in [0.29, 0.717) is 18.1 Å². The van der Waals surface area contributed by atoms with Crippen LogP contribution in [0.2, 0.25) is 5.02 Å². The van der Waals surface area contributed by atoms with Crippen LogP contribution < -0.4 is 5.32 Å². The van der Waals surface area contributed by atoms with Gasteiger partial charge in [-0.3, -0.25) is 0 Å². The monoisotopic (exact) mass is 263 g/mol. The van der Waals surface area contributed by atoms with Crippen LogP contribution in [0.15, 0.2) is 24.3 Å². The fraction of sp³-hybridized carbons (Fsp3) is 0.385. The number of anilines is 1. The van der Waals surface area contributed by atoms with Gasteiger partial charge in [-0.1, -0.05) is 11.6 Å². The molecule has 0 aromatic heterocycles. The van der Waals surface area contributed by atoms with Crippen molar-refractivity contribution in [3.63, 3.8) is 0 Å². The Balaban J connectivity index is 1.89. The number of amides is 2. The van der Waals surface area contributed by atoms with E-state index in [1.807, 2.05) is 0 Å². The van der Waals surface area contributed by atoms with E-state index >= 15 is 0 Å². The van der Waals surface area contributed by atoms with Crippen LogP contribution in [0, 0.1) is 17.2 Å². The van der Waals surface area contributed by atoms with Gasteiger partial charge in [0.15, 0.2) is 0 Å². The fourth-order valence-electron chi connectivity index (χ4n) is 1.95. The second-order valence-corrected chi connectivity index (χ2v) is 4.76. The van der Waals surface area contributed by atoms with Gasteiger partial charge in [-0.15, -0.1) is 0 Å². The predicted molar refractivity (Wildman–Crippen MR) is 70.4 cm³/mol. The molecule has 1 fully saturated rings. The van der Waals surface area contributed by atoms with Gasteiger partial charge in [-0.05, 0) is 37.1 Å². The Morgan fingerprint density at radius 2 is 1.94 bits per heavy atom. The summed E-state index contributed by atoms with van der Waals surface area (Å²) in [6, 6.07) is 9.13. The number of benzene rings is 1. The Kier molecular flexibility index (Phi) is 4.06. The Morgan fingerprint density at radius 3 is 2.50 bits per heavy atom. The van der Waals surface area contributed by atoms with Gasteiger partial charge >= 0.3 is 6.03 Å². The third-order valence-electron chi connectivity index (χ3n) is 3.06. The van der Waals surface area contributed by atoms with E-state index in [1.54, 1.807) is 29.2 Å². The number of carbonyl (C=O) groups is 1. The van der Waals surface area contributed by atoms with Crippen molar-refractivity contribution in [3.05, 3.63) is 29.3 Å². The lowest BCUT2D eigenvalue weighted by Crippen LogP contribution is -2.40. The average Bonchev–Trinajstić information content (AvgIpc) is 2.41. The van der Waals surface area contributed by atoms with E-state index in [4.69, 9.17) is 16.9 Å². The van der Waals surface area contributed by atoms with E-state index in [1.165, 1.54) is 0 Å². The highest BCUT2D eigenvalue weighted by atomic mass is 35.5. The first-order valence-corrected chi connectivity index (χ1v) is 6.28. The zero-order chi connectivity index (χ0) is 13.0. The average molecular weight is 264 g/mol. The molecule has 0 aliphatic carbocycles. The number of nitrogens with zero attached hydrogens (tertiary/aromatic N) is 2. The molecular weight excluding hydrogens is 250 g/mol. The summed E-state index contributed by atoms with van der Waals surface area (Å²) in [6.45, 7) is 1.27. The zero-order valence-corrected chi connectivity index (χ0v) is 10.7. The largest absolute Gasteiger partial charge is 0.324 e. The summed E-state index contributed by atoms with van der Waals surface area (Å²) in [5, 5.41) is 12.3. The number of nitriles is 1. The first-order chi connectivity index (χ1) is 8.69. The Hall–Kier alpha value is -1.73. The van der Waals surface area contributed by atoms with Crippen LogP contribution in [0.1, 0.15) is 12.8 Å². The molecule has 0 atom stereocenters. The molecule has 2 amide bonds. The molecule has 1 aliphatic heterocycles. The van der Waals surface area contributed by atoms with E-state index in [-0.39, 0.29) is 11.9 Å². The highest BCUT2D eigenvalue weighted by Crippen LogP contribution is 2.18. The molecule has 0 saturated carbocycles. The van der Waals surface area contributed by atoms with Crippen molar-refractivity contribution in [2.24, 2.45) is 5.92 Å². The summed E-state index contributed by atoms with van der Waals surface area (Å²) < 4.78 is 0. The SMILES string of the molecule is N#CC1CCN(C(=O)Nc2ccc(Cl)cc2)CC1. The number of urea groups is 1. The van der Waals surface area contributed by atoms with Crippen molar-refractivity contribution in [1.29, 1.82) is 5.26 Å². The maximum atomic E-state index is 11.9. The Morgan fingerprint density at radius 1 is 1.33 bits per heavy atom. The van der Waals surface area contributed by atoms with Crippen molar-refractivity contribution >= 4 is 23.3 Å². The lowest BCUT2D eigenvalue weighted by Gasteiger charge is -2.29. The van der Waals surface area contributed by atoms with Crippen LogP contribution in [0.5, 0.6) is 0 Å². The first-order valence-electron chi connectivity index (χ1n) is 5.90. The predicted octanol–water partition coefficient (Wildman–Crippen LogP) is 3.11. The van der Waals surface area contributed by atoms with Crippen molar-refractivity contribution in [3.8, 4) is 6.07 Å². The molecule has 1 N–H and O–H groups in total. The summed E-state index contributed by atoms with van der Waals surface area (Å²) >= 11 is 5.78. The van der Waals surface area contributed by atoms with Crippen LogP contribution in [0.4, 0.5) is 10.5 Å². The molecule has 1 heterocycles. The molecule has 2 rings (SSSR count). The minimum atomic E-state index is -0.117. The van der Waals surface area contributed by atoms with E-state index in [9.17, 15) is 4.79 Å². The van der Waals surface area contributed by atoms with Crippen molar-refractivity contribution in [2.75, 3.05) is 18.4 Å². The van der Waals surface area contributed by atoms with E-state index < -0.39 is 0 Å². The number of nitrogens with one attached hydrogen (secondary N) is 1. The number of hydrogen-bond acceptors (Lipinski definition) is 2. The molecule has 1 aromatic rings. The number of hydrogen-bond donors (Lipinski definition) is 1. The summed E-state index contributed by atoms with van der Waals surface area (Å²) in [5.74, 6) is 0.0876. The summed E-state index contributed by atoms with van der Waals surface area (Å²) in [7, 11) is 0. The van der Waals surface area contributed by atoms with Gasteiger partial charge in [0.2, 0.25) is 0 Å². The highest BCUT2D eigenvalue weighted by molar-refractivity contribution is 6.30. The smallest absolute Gasteiger partial charge is 0.321 e. The number of likely N-dealkylation sites (tertiary alicyclic amines) is 1. The fourth-order valence-corrected chi connectivity index (χ4v) is 2.07. The number of piperidine rings is 1. The van der Waals surface area contributed by atoms with Gasteiger partial charge in [0.1, 0.15) is 0 Å².